The maximum Gasteiger partial charge on any atom is 0.262 e. The molecule has 0 unspecified atom stereocenters. The number of carbonyl (C=O) groups is 1. The molecule has 0 aliphatic rings. The minimum Gasteiger partial charge on any atom is -0.481 e. The van der Waals surface area contributed by atoms with Crippen molar-refractivity contribution >= 4 is 50.7 Å². The van der Waals surface area contributed by atoms with Crippen molar-refractivity contribution in [3.8, 4) is 5.75 Å². The lowest BCUT2D eigenvalue weighted by molar-refractivity contribution is -0.118. The predicted molar refractivity (Wildman–Crippen MR) is 94.2 cm³/mol. The SMILES string of the molecule is Cc1ccc(NC(=O)COc2c(Cl)cc(Cl)cc2Br)c(C)c1. The van der Waals surface area contributed by atoms with Crippen LogP contribution in [-0.2, 0) is 4.79 Å². The minimum atomic E-state index is -0.259. The fourth-order valence-corrected chi connectivity index (χ4v) is 3.31. The van der Waals surface area contributed by atoms with Gasteiger partial charge in [0, 0.05) is 10.7 Å². The number of rotatable bonds is 4. The molecule has 0 aliphatic carbocycles. The molecule has 2 rings (SSSR count). The summed E-state index contributed by atoms with van der Waals surface area (Å²) >= 11 is 15.2. The molecule has 22 heavy (non-hydrogen) atoms. The Hall–Kier alpha value is -1.23. The molecule has 6 heteroatoms. The molecule has 0 saturated heterocycles. The monoisotopic (exact) mass is 401 g/mol. The first-order chi connectivity index (χ1) is 10.4. The number of ether oxygens (including phenoxy) is 1. The smallest absolute Gasteiger partial charge is 0.262 e. The number of carbonyl (C=O) groups excluding carboxylic acids is 1. The third-order valence-corrected chi connectivity index (χ3v) is 4.05. The summed E-state index contributed by atoms with van der Waals surface area (Å²) < 4.78 is 6.07. The molecule has 0 fully saturated rings. The summed E-state index contributed by atoms with van der Waals surface area (Å²) in [5.74, 6) is 0.131. The topological polar surface area (TPSA) is 38.3 Å². The van der Waals surface area contributed by atoms with Gasteiger partial charge in [-0.2, -0.15) is 0 Å². The lowest BCUT2D eigenvalue weighted by Crippen LogP contribution is -2.20. The molecular formula is C16H14BrCl2NO2. The van der Waals surface area contributed by atoms with E-state index in [0.29, 0.717) is 20.3 Å². The lowest BCUT2D eigenvalue weighted by atomic mass is 10.1. The summed E-state index contributed by atoms with van der Waals surface area (Å²) in [4.78, 5) is 12.0. The van der Waals surface area contributed by atoms with Crippen LogP contribution in [0, 0.1) is 13.8 Å². The Morgan fingerprint density at radius 3 is 2.59 bits per heavy atom. The third-order valence-electron chi connectivity index (χ3n) is 2.97. The summed E-state index contributed by atoms with van der Waals surface area (Å²) in [5.41, 5.74) is 2.91. The first kappa shape index (κ1) is 17.1. The van der Waals surface area contributed by atoms with Crippen molar-refractivity contribution in [2.24, 2.45) is 0 Å². The fraction of sp³-hybridized carbons (Fsp3) is 0.188. The van der Waals surface area contributed by atoms with E-state index in [1.54, 1.807) is 12.1 Å². The molecular weight excluding hydrogens is 389 g/mol. The van der Waals surface area contributed by atoms with Crippen LogP contribution in [0.15, 0.2) is 34.8 Å². The zero-order valence-electron chi connectivity index (χ0n) is 12.0. The summed E-state index contributed by atoms with van der Waals surface area (Å²) in [6.45, 7) is 3.80. The van der Waals surface area contributed by atoms with Gasteiger partial charge < -0.3 is 10.1 Å². The van der Waals surface area contributed by atoms with E-state index in [2.05, 4.69) is 21.2 Å². The Morgan fingerprint density at radius 1 is 1.23 bits per heavy atom. The lowest BCUT2D eigenvalue weighted by Gasteiger charge is -2.12. The third kappa shape index (κ3) is 4.38. The van der Waals surface area contributed by atoms with E-state index in [9.17, 15) is 4.79 Å². The van der Waals surface area contributed by atoms with Crippen LogP contribution in [0.25, 0.3) is 0 Å². The average molecular weight is 403 g/mol. The van der Waals surface area contributed by atoms with Gasteiger partial charge in [0.15, 0.2) is 12.4 Å². The minimum absolute atomic E-state index is 0.146. The molecule has 1 N–H and O–H groups in total. The molecule has 0 atom stereocenters. The van der Waals surface area contributed by atoms with E-state index in [1.165, 1.54) is 0 Å². The van der Waals surface area contributed by atoms with Crippen LogP contribution in [0.2, 0.25) is 10.0 Å². The highest BCUT2D eigenvalue weighted by molar-refractivity contribution is 9.10. The maximum atomic E-state index is 12.0. The van der Waals surface area contributed by atoms with E-state index in [4.69, 9.17) is 27.9 Å². The summed E-state index contributed by atoms with van der Waals surface area (Å²) in [7, 11) is 0. The van der Waals surface area contributed by atoms with Gasteiger partial charge in [-0.3, -0.25) is 4.79 Å². The van der Waals surface area contributed by atoms with Gasteiger partial charge in [-0.25, -0.2) is 0 Å². The van der Waals surface area contributed by atoms with Crippen LogP contribution in [-0.4, -0.2) is 12.5 Å². The van der Waals surface area contributed by atoms with Crippen LogP contribution >= 0.6 is 39.1 Å². The molecule has 0 saturated carbocycles. The van der Waals surface area contributed by atoms with Crippen LogP contribution in [0.4, 0.5) is 5.69 Å². The van der Waals surface area contributed by atoms with Crippen LogP contribution < -0.4 is 10.1 Å². The largest absolute Gasteiger partial charge is 0.481 e. The highest BCUT2D eigenvalue weighted by atomic mass is 79.9. The maximum absolute atomic E-state index is 12.0. The Morgan fingerprint density at radius 2 is 1.95 bits per heavy atom. The van der Waals surface area contributed by atoms with Crippen molar-refractivity contribution in [1.82, 2.24) is 0 Å². The number of benzene rings is 2. The van der Waals surface area contributed by atoms with Gasteiger partial charge in [0.1, 0.15) is 0 Å². The quantitative estimate of drug-likeness (QED) is 0.744. The van der Waals surface area contributed by atoms with Gasteiger partial charge >= 0.3 is 0 Å². The number of hydrogen-bond donors (Lipinski definition) is 1. The number of nitrogens with one attached hydrogen (secondary N) is 1. The molecule has 3 nitrogen and oxygen atoms in total. The summed E-state index contributed by atoms with van der Waals surface area (Å²) in [5, 5.41) is 3.65. The molecule has 0 heterocycles. The van der Waals surface area contributed by atoms with Crippen molar-refractivity contribution in [1.29, 1.82) is 0 Å². The Bertz CT molecular complexity index is 696. The normalized spacial score (nSPS) is 10.4. The first-order valence-corrected chi connectivity index (χ1v) is 8.06. The molecule has 0 bridgehead atoms. The van der Waals surface area contributed by atoms with E-state index in [-0.39, 0.29) is 12.5 Å². The van der Waals surface area contributed by atoms with Crippen molar-refractivity contribution < 1.29 is 9.53 Å². The average Bonchev–Trinajstić information content (AvgIpc) is 2.40. The Kier molecular flexibility index (Phi) is 5.73. The molecule has 2 aromatic carbocycles. The number of amides is 1. The molecule has 0 aliphatic heterocycles. The second-order valence-electron chi connectivity index (χ2n) is 4.85. The molecule has 116 valence electrons. The van der Waals surface area contributed by atoms with E-state index in [1.807, 2.05) is 32.0 Å². The van der Waals surface area contributed by atoms with Crippen molar-refractivity contribution in [2.75, 3.05) is 11.9 Å². The zero-order valence-corrected chi connectivity index (χ0v) is 15.1. The van der Waals surface area contributed by atoms with Gasteiger partial charge in [-0.1, -0.05) is 40.9 Å². The molecule has 0 radical (unpaired) electrons. The number of anilines is 1. The van der Waals surface area contributed by atoms with Crippen molar-refractivity contribution in [3.63, 3.8) is 0 Å². The zero-order chi connectivity index (χ0) is 16.3. The molecule has 0 aromatic heterocycles. The highest BCUT2D eigenvalue weighted by Crippen LogP contribution is 2.36. The van der Waals surface area contributed by atoms with Crippen LogP contribution in [0.5, 0.6) is 5.75 Å². The molecule has 2 aromatic rings. The summed E-state index contributed by atoms with van der Waals surface area (Å²) in [6, 6.07) is 9.03. The van der Waals surface area contributed by atoms with Gasteiger partial charge in [-0.05, 0) is 53.5 Å². The molecule has 0 spiro atoms. The van der Waals surface area contributed by atoms with E-state index >= 15 is 0 Å². The van der Waals surface area contributed by atoms with Gasteiger partial charge in [-0.15, -0.1) is 0 Å². The summed E-state index contributed by atoms with van der Waals surface area (Å²) in [6.07, 6.45) is 0. The Balaban J connectivity index is 2.02. The second-order valence-corrected chi connectivity index (χ2v) is 6.55. The Labute approximate surface area is 147 Å². The standard InChI is InChI=1S/C16H14BrCl2NO2/c1-9-3-4-14(10(2)5-9)20-15(21)8-22-16-12(17)6-11(18)7-13(16)19/h3-7H,8H2,1-2H3,(H,20,21). The van der Waals surface area contributed by atoms with Crippen LogP contribution in [0.3, 0.4) is 0 Å². The number of hydrogen-bond acceptors (Lipinski definition) is 2. The van der Waals surface area contributed by atoms with Gasteiger partial charge in [0.25, 0.3) is 5.91 Å². The fourth-order valence-electron chi connectivity index (χ4n) is 1.94. The van der Waals surface area contributed by atoms with Gasteiger partial charge in [0.05, 0.1) is 9.50 Å². The first-order valence-electron chi connectivity index (χ1n) is 6.51. The predicted octanol–water partition coefficient (Wildman–Crippen LogP) is 5.39. The highest BCUT2D eigenvalue weighted by Gasteiger charge is 2.12. The number of aryl methyl sites for hydroxylation is 2. The van der Waals surface area contributed by atoms with Gasteiger partial charge in [0.2, 0.25) is 0 Å². The van der Waals surface area contributed by atoms with E-state index < -0.39 is 0 Å². The van der Waals surface area contributed by atoms with Crippen molar-refractivity contribution in [2.45, 2.75) is 13.8 Å². The van der Waals surface area contributed by atoms with Crippen LogP contribution in [0.1, 0.15) is 11.1 Å². The second kappa shape index (κ2) is 7.36. The van der Waals surface area contributed by atoms with Crippen molar-refractivity contribution in [3.05, 3.63) is 56.0 Å². The van der Waals surface area contributed by atoms with E-state index in [0.717, 1.165) is 16.8 Å². The molecule has 1 amide bonds. The number of halogens is 3.